The van der Waals surface area contributed by atoms with Crippen molar-refractivity contribution in [3.8, 4) is 0 Å². The van der Waals surface area contributed by atoms with E-state index in [0.29, 0.717) is 16.2 Å². The zero-order valence-corrected chi connectivity index (χ0v) is 13.2. The first kappa shape index (κ1) is 13.9. The maximum atomic E-state index is 12.1. The fourth-order valence-electron chi connectivity index (χ4n) is 2.02. The van der Waals surface area contributed by atoms with Crippen molar-refractivity contribution in [2.45, 2.75) is 19.9 Å². The van der Waals surface area contributed by atoms with Gasteiger partial charge in [0.15, 0.2) is 0 Å². The smallest absolute Gasteiger partial charge is 0.292 e. The lowest BCUT2D eigenvalue weighted by molar-refractivity contribution is 0.0995. The number of aromatic nitrogens is 2. The largest absolute Gasteiger partial charge is 0.458 e. The highest BCUT2D eigenvalue weighted by Crippen LogP contribution is 2.22. The average molecular weight is 348 g/mol. The first-order valence-electron chi connectivity index (χ1n) is 6.58. The van der Waals surface area contributed by atoms with Gasteiger partial charge in [-0.15, -0.1) is 0 Å². The minimum Gasteiger partial charge on any atom is -0.458 e. The summed E-state index contributed by atoms with van der Waals surface area (Å²) in [4.78, 5) is 12.1. The standard InChI is InChI=1S/C15H14BrN3O2/c1-9(2)19-8-10-3-4-11(7-13(10)18-19)17-15(20)14-12(16)5-6-21-14/h3-9H,1-2H3,(H,17,20). The molecule has 6 heteroatoms. The fraction of sp³-hybridized carbons (Fsp3) is 0.200. The number of benzene rings is 1. The van der Waals surface area contributed by atoms with Crippen molar-refractivity contribution in [2.75, 3.05) is 5.32 Å². The molecule has 2 heterocycles. The quantitative estimate of drug-likeness (QED) is 0.771. The van der Waals surface area contributed by atoms with Crippen LogP contribution in [0.5, 0.6) is 0 Å². The number of anilines is 1. The van der Waals surface area contributed by atoms with Crippen LogP contribution < -0.4 is 5.32 Å². The van der Waals surface area contributed by atoms with E-state index in [4.69, 9.17) is 4.42 Å². The Morgan fingerprint density at radius 1 is 1.38 bits per heavy atom. The molecule has 108 valence electrons. The topological polar surface area (TPSA) is 60.1 Å². The monoisotopic (exact) mass is 347 g/mol. The Labute approximate surface area is 130 Å². The number of hydrogen-bond acceptors (Lipinski definition) is 3. The molecule has 0 bridgehead atoms. The molecule has 0 saturated carbocycles. The summed E-state index contributed by atoms with van der Waals surface area (Å²) in [6.45, 7) is 4.14. The van der Waals surface area contributed by atoms with Crippen LogP contribution >= 0.6 is 15.9 Å². The summed E-state index contributed by atoms with van der Waals surface area (Å²) in [5.41, 5.74) is 1.53. The Morgan fingerprint density at radius 2 is 2.19 bits per heavy atom. The van der Waals surface area contributed by atoms with Crippen LogP contribution in [0.15, 0.2) is 45.6 Å². The van der Waals surface area contributed by atoms with E-state index >= 15 is 0 Å². The third-order valence-electron chi connectivity index (χ3n) is 3.14. The molecule has 0 aliphatic rings. The molecule has 1 aromatic carbocycles. The lowest BCUT2D eigenvalue weighted by atomic mass is 10.2. The van der Waals surface area contributed by atoms with E-state index in [2.05, 4.69) is 40.2 Å². The highest BCUT2D eigenvalue weighted by molar-refractivity contribution is 9.10. The lowest BCUT2D eigenvalue weighted by Gasteiger charge is -2.03. The van der Waals surface area contributed by atoms with Crippen LogP contribution in [0, 0.1) is 0 Å². The molecule has 0 fully saturated rings. The van der Waals surface area contributed by atoms with E-state index in [1.165, 1.54) is 6.26 Å². The SMILES string of the molecule is CC(C)n1cc2ccc(NC(=O)c3occc3Br)cc2n1. The van der Waals surface area contributed by atoms with E-state index in [9.17, 15) is 4.79 Å². The van der Waals surface area contributed by atoms with Gasteiger partial charge in [-0.25, -0.2) is 0 Å². The van der Waals surface area contributed by atoms with Crippen LogP contribution in [0.25, 0.3) is 10.9 Å². The van der Waals surface area contributed by atoms with Crippen LogP contribution in [-0.4, -0.2) is 15.7 Å². The summed E-state index contributed by atoms with van der Waals surface area (Å²) in [7, 11) is 0. The van der Waals surface area contributed by atoms with Gasteiger partial charge in [0.25, 0.3) is 5.91 Å². The Bertz CT molecular complexity index is 804. The molecule has 0 unspecified atom stereocenters. The van der Waals surface area contributed by atoms with Crippen molar-refractivity contribution in [1.82, 2.24) is 9.78 Å². The summed E-state index contributed by atoms with van der Waals surface area (Å²) in [5.74, 6) is -0.0441. The van der Waals surface area contributed by atoms with Gasteiger partial charge in [0.2, 0.25) is 5.76 Å². The van der Waals surface area contributed by atoms with Crippen molar-refractivity contribution in [3.63, 3.8) is 0 Å². The second-order valence-electron chi connectivity index (χ2n) is 5.03. The molecule has 21 heavy (non-hydrogen) atoms. The highest BCUT2D eigenvalue weighted by Gasteiger charge is 2.14. The van der Waals surface area contributed by atoms with Gasteiger partial charge in [-0.05, 0) is 54.0 Å². The molecule has 1 N–H and O–H groups in total. The third-order valence-corrected chi connectivity index (χ3v) is 3.76. The van der Waals surface area contributed by atoms with Gasteiger partial charge < -0.3 is 9.73 Å². The minimum atomic E-state index is -0.297. The molecule has 5 nitrogen and oxygen atoms in total. The second-order valence-corrected chi connectivity index (χ2v) is 5.88. The maximum absolute atomic E-state index is 12.1. The molecule has 2 aromatic heterocycles. The molecule has 3 aromatic rings. The predicted octanol–water partition coefficient (Wildman–Crippen LogP) is 4.23. The van der Waals surface area contributed by atoms with E-state index in [1.54, 1.807) is 6.07 Å². The van der Waals surface area contributed by atoms with E-state index in [0.717, 1.165) is 10.9 Å². The number of nitrogens with zero attached hydrogens (tertiary/aromatic N) is 2. The molecule has 0 aliphatic heterocycles. The first-order valence-corrected chi connectivity index (χ1v) is 7.37. The van der Waals surface area contributed by atoms with Gasteiger partial charge in [-0.2, -0.15) is 5.10 Å². The summed E-state index contributed by atoms with van der Waals surface area (Å²) >= 11 is 3.27. The Hall–Kier alpha value is -2.08. The predicted molar refractivity (Wildman–Crippen MR) is 84.5 cm³/mol. The van der Waals surface area contributed by atoms with Crippen molar-refractivity contribution in [1.29, 1.82) is 0 Å². The molecule has 0 atom stereocenters. The van der Waals surface area contributed by atoms with Crippen molar-refractivity contribution in [3.05, 3.63) is 47.0 Å². The number of hydrogen-bond donors (Lipinski definition) is 1. The zero-order chi connectivity index (χ0) is 15.0. The van der Waals surface area contributed by atoms with Gasteiger partial charge in [-0.3, -0.25) is 9.48 Å². The number of nitrogens with one attached hydrogen (secondary N) is 1. The minimum absolute atomic E-state index is 0.253. The van der Waals surface area contributed by atoms with Gasteiger partial charge in [-0.1, -0.05) is 0 Å². The van der Waals surface area contributed by atoms with E-state index in [1.807, 2.05) is 29.1 Å². The molecule has 1 amide bonds. The molecule has 0 saturated heterocycles. The molecular formula is C15H14BrN3O2. The van der Waals surface area contributed by atoms with Crippen molar-refractivity contribution in [2.24, 2.45) is 0 Å². The average Bonchev–Trinajstić information content (AvgIpc) is 3.04. The normalized spacial score (nSPS) is 11.2. The zero-order valence-electron chi connectivity index (χ0n) is 11.6. The molecule has 0 spiro atoms. The molecule has 0 aliphatic carbocycles. The van der Waals surface area contributed by atoms with Crippen LogP contribution in [0.4, 0.5) is 5.69 Å². The number of rotatable bonds is 3. The summed E-state index contributed by atoms with van der Waals surface area (Å²) in [6, 6.07) is 7.62. The number of fused-ring (bicyclic) bond motifs is 1. The maximum Gasteiger partial charge on any atom is 0.292 e. The summed E-state index contributed by atoms with van der Waals surface area (Å²) < 4.78 is 7.67. The summed E-state index contributed by atoms with van der Waals surface area (Å²) in [5, 5.41) is 8.34. The van der Waals surface area contributed by atoms with Crippen LogP contribution in [-0.2, 0) is 0 Å². The Morgan fingerprint density at radius 3 is 2.86 bits per heavy atom. The first-order chi connectivity index (χ1) is 10.0. The van der Waals surface area contributed by atoms with Gasteiger partial charge in [0.05, 0.1) is 16.3 Å². The van der Waals surface area contributed by atoms with Gasteiger partial charge in [0, 0.05) is 23.3 Å². The second kappa shape index (κ2) is 5.37. The third kappa shape index (κ3) is 2.71. The highest BCUT2D eigenvalue weighted by atomic mass is 79.9. The lowest BCUT2D eigenvalue weighted by Crippen LogP contribution is -2.11. The van der Waals surface area contributed by atoms with Gasteiger partial charge in [0.1, 0.15) is 0 Å². The van der Waals surface area contributed by atoms with Crippen LogP contribution in [0.2, 0.25) is 0 Å². The van der Waals surface area contributed by atoms with Crippen LogP contribution in [0.1, 0.15) is 30.4 Å². The number of halogens is 1. The van der Waals surface area contributed by atoms with Gasteiger partial charge >= 0.3 is 0 Å². The molecule has 0 radical (unpaired) electrons. The van der Waals surface area contributed by atoms with Crippen molar-refractivity contribution >= 4 is 38.4 Å². The molecular weight excluding hydrogens is 334 g/mol. The number of amides is 1. The van der Waals surface area contributed by atoms with E-state index < -0.39 is 0 Å². The van der Waals surface area contributed by atoms with Crippen LogP contribution in [0.3, 0.4) is 0 Å². The Kier molecular flexibility index (Phi) is 3.55. The molecule has 3 rings (SSSR count). The Balaban J connectivity index is 1.87. The number of carbonyl (C=O) groups excluding carboxylic acids is 1. The van der Waals surface area contributed by atoms with Crippen molar-refractivity contribution < 1.29 is 9.21 Å². The van der Waals surface area contributed by atoms with E-state index in [-0.39, 0.29) is 11.7 Å². The summed E-state index contributed by atoms with van der Waals surface area (Å²) in [6.07, 6.45) is 3.46. The number of furan rings is 1. The number of carbonyl (C=O) groups is 1. The fourth-order valence-corrected chi connectivity index (χ4v) is 2.40.